The maximum Gasteiger partial charge on any atom is 0.146 e. The first kappa shape index (κ1) is 8.97. The van der Waals surface area contributed by atoms with Crippen molar-refractivity contribution in [2.75, 3.05) is 7.11 Å². The molecule has 1 aliphatic heterocycles. The molecule has 1 atom stereocenters. The van der Waals surface area contributed by atoms with Gasteiger partial charge in [-0.15, -0.1) is 0 Å². The highest BCUT2D eigenvalue weighted by Crippen LogP contribution is 2.15. The smallest absolute Gasteiger partial charge is 0.146 e. The van der Waals surface area contributed by atoms with Crippen LogP contribution in [0.3, 0.4) is 0 Å². The second-order valence-corrected chi connectivity index (χ2v) is 3.00. The van der Waals surface area contributed by atoms with Crippen molar-refractivity contribution in [1.29, 1.82) is 0 Å². The third-order valence-corrected chi connectivity index (χ3v) is 2.07. The van der Waals surface area contributed by atoms with Crippen molar-refractivity contribution in [2.24, 2.45) is 0 Å². The maximum absolute atomic E-state index is 5.11. The quantitative estimate of drug-likeness (QED) is 0.764. The highest BCUT2D eigenvalue weighted by atomic mass is 16.5. The van der Waals surface area contributed by atoms with Gasteiger partial charge in [0.05, 0.1) is 5.69 Å². The van der Waals surface area contributed by atoms with E-state index in [1.54, 1.807) is 13.3 Å². The van der Waals surface area contributed by atoms with E-state index in [9.17, 15) is 0 Å². The lowest BCUT2D eigenvalue weighted by molar-refractivity contribution is 0.124. The second kappa shape index (κ2) is 4.07. The Morgan fingerprint density at radius 3 is 2.93 bits per heavy atom. The molecule has 3 heteroatoms. The van der Waals surface area contributed by atoms with Crippen LogP contribution in [-0.4, -0.2) is 18.3 Å². The molecule has 0 saturated heterocycles. The lowest BCUT2D eigenvalue weighted by atomic mass is 10.1. The van der Waals surface area contributed by atoms with E-state index in [1.807, 2.05) is 36.6 Å². The summed E-state index contributed by atoms with van der Waals surface area (Å²) in [5.41, 5.74) is 2.03. The van der Waals surface area contributed by atoms with Gasteiger partial charge in [0.1, 0.15) is 6.23 Å². The third kappa shape index (κ3) is 1.83. The van der Waals surface area contributed by atoms with Crippen molar-refractivity contribution in [1.82, 2.24) is 10.3 Å². The number of nitrogens with one attached hydrogen (secondary N) is 1. The highest BCUT2D eigenvalue weighted by molar-refractivity contribution is 5.72. The van der Waals surface area contributed by atoms with E-state index in [0.29, 0.717) is 0 Å². The van der Waals surface area contributed by atoms with E-state index in [4.69, 9.17) is 4.74 Å². The Bertz CT molecular complexity index is 357. The predicted octanol–water partition coefficient (Wildman–Crippen LogP) is 1.55. The molecule has 0 amide bonds. The van der Waals surface area contributed by atoms with Gasteiger partial charge in [0, 0.05) is 25.1 Å². The molecule has 2 heterocycles. The molecule has 1 N–H and O–H groups in total. The minimum atomic E-state index is -0.0255. The number of rotatable bonds is 2. The minimum absolute atomic E-state index is 0.0255. The molecule has 3 nitrogen and oxygen atoms in total. The van der Waals surface area contributed by atoms with E-state index in [1.165, 1.54) is 0 Å². The van der Waals surface area contributed by atoms with Crippen molar-refractivity contribution in [3.8, 4) is 0 Å². The Kier molecular flexibility index (Phi) is 2.60. The van der Waals surface area contributed by atoms with Crippen molar-refractivity contribution in [3.05, 3.63) is 48.4 Å². The molecule has 2 rings (SSSR count). The summed E-state index contributed by atoms with van der Waals surface area (Å²) in [5.74, 6) is 0. The summed E-state index contributed by atoms with van der Waals surface area (Å²) >= 11 is 0. The fraction of sp³-hybridized carbons (Fsp3) is 0.182. The summed E-state index contributed by atoms with van der Waals surface area (Å²) in [4.78, 5) is 4.25. The van der Waals surface area contributed by atoms with E-state index in [2.05, 4.69) is 10.3 Å². The van der Waals surface area contributed by atoms with Crippen LogP contribution >= 0.6 is 0 Å². The Hall–Kier alpha value is -1.61. The van der Waals surface area contributed by atoms with Crippen LogP contribution in [0.1, 0.15) is 5.69 Å². The summed E-state index contributed by atoms with van der Waals surface area (Å²) in [7, 11) is 1.67. The molecule has 14 heavy (non-hydrogen) atoms. The van der Waals surface area contributed by atoms with Gasteiger partial charge in [0.25, 0.3) is 0 Å². The molecule has 0 aromatic carbocycles. The predicted molar refractivity (Wildman–Crippen MR) is 55.3 cm³/mol. The lowest BCUT2D eigenvalue weighted by Crippen LogP contribution is -2.26. The molecule has 1 aromatic heterocycles. The number of aromatic nitrogens is 1. The van der Waals surface area contributed by atoms with E-state index in [0.717, 1.165) is 11.3 Å². The average molecular weight is 188 g/mol. The topological polar surface area (TPSA) is 34.1 Å². The number of pyridine rings is 1. The molecule has 0 bridgehead atoms. The van der Waals surface area contributed by atoms with Gasteiger partial charge in [-0.25, -0.2) is 0 Å². The van der Waals surface area contributed by atoms with E-state index < -0.39 is 0 Å². The third-order valence-electron chi connectivity index (χ3n) is 2.07. The van der Waals surface area contributed by atoms with Crippen LogP contribution in [0.5, 0.6) is 0 Å². The second-order valence-electron chi connectivity index (χ2n) is 3.00. The van der Waals surface area contributed by atoms with Crippen LogP contribution in [-0.2, 0) is 4.74 Å². The van der Waals surface area contributed by atoms with Crippen molar-refractivity contribution in [3.63, 3.8) is 0 Å². The summed E-state index contributed by atoms with van der Waals surface area (Å²) in [6, 6.07) is 5.85. The summed E-state index contributed by atoms with van der Waals surface area (Å²) < 4.78 is 5.11. The molecule has 1 unspecified atom stereocenters. The van der Waals surface area contributed by atoms with Gasteiger partial charge < -0.3 is 10.1 Å². The zero-order valence-electron chi connectivity index (χ0n) is 7.97. The number of ether oxygens (including phenoxy) is 1. The van der Waals surface area contributed by atoms with Gasteiger partial charge in [-0.1, -0.05) is 12.1 Å². The Morgan fingerprint density at radius 1 is 1.43 bits per heavy atom. The number of dihydropyridines is 1. The number of hydrogen-bond donors (Lipinski definition) is 1. The summed E-state index contributed by atoms with van der Waals surface area (Å²) in [5, 5.41) is 3.11. The van der Waals surface area contributed by atoms with Gasteiger partial charge in [-0.05, 0) is 18.2 Å². The van der Waals surface area contributed by atoms with Crippen LogP contribution in [0.15, 0.2) is 42.7 Å². The first-order chi connectivity index (χ1) is 6.90. The monoisotopic (exact) mass is 188 g/mol. The number of methoxy groups -OCH3 is 1. The van der Waals surface area contributed by atoms with Crippen molar-refractivity contribution >= 4 is 5.57 Å². The standard InChI is InChI=1S/C11H12N2O/c1-14-11-6-5-9(8-13-11)10-4-2-3-7-12-10/h2-8,11,13H,1H3. The number of hydrogen-bond acceptors (Lipinski definition) is 3. The lowest BCUT2D eigenvalue weighted by Gasteiger charge is -2.16. The van der Waals surface area contributed by atoms with Crippen LogP contribution < -0.4 is 5.32 Å². The number of allylic oxidation sites excluding steroid dienone is 2. The maximum atomic E-state index is 5.11. The zero-order chi connectivity index (χ0) is 9.80. The van der Waals surface area contributed by atoms with Crippen LogP contribution in [0, 0.1) is 0 Å². The van der Waals surface area contributed by atoms with E-state index in [-0.39, 0.29) is 6.23 Å². The molecule has 72 valence electrons. The molecule has 0 radical (unpaired) electrons. The number of nitrogens with zero attached hydrogens (tertiary/aromatic N) is 1. The summed E-state index contributed by atoms with van der Waals surface area (Å²) in [6.45, 7) is 0. The zero-order valence-corrected chi connectivity index (χ0v) is 7.97. The van der Waals surface area contributed by atoms with E-state index >= 15 is 0 Å². The molecule has 1 aliphatic rings. The molecule has 1 aromatic rings. The van der Waals surface area contributed by atoms with Crippen molar-refractivity contribution in [2.45, 2.75) is 6.23 Å². The molecule has 0 aliphatic carbocycles. The highest BCUT2D eigenvalue weighted by Gasteiger charge is 2.07. The fourth-order valence-electron chi connectivity index (χ4n) is 1.31. The molecule has 0 fully saturated rings. The van der Waals surface area contributed by atoms with Crippen LogP contribution in [0.4, 0.5) is 0 Å². The molecular formula is C11H12N2O. The van der Waals surface area contributed by atoms with Crippen molar-refractivity contribution < 1.29 is 4.74 Å². The first-order valence-corrected chi connectivity index (χ1v) is 4.49. The normalized spacial score (nSPS) is 20.1. The van der Waals surface area contributed by atoms with Gasteiger partial charge in [-0.3, -0.25) is 4.98 Å². The summed E-state index contributed by atoms with van der Waals surface area (Å²) in [6.07, 6.45) is 7.64. The van der Waals surface area contributed by atoms with Gasteiger partial charge >= 0.3 is 0 Å². The average Bonchev–Trinajstić information content (AvgIpc) is 2.30. The Balaban J connectivity index is 2.16. The van der Waals surface area contributed by atoms with Gasteiger partial charge in [0.2, 0.25) is 0 Å². The Morgan fingerprint density at radius 2 is 2.36 bits per heavy atom. The van der Waals surface area contributed by atoms with Crippen LogP contribution in [0.25, 0.3) is 5.57 Å². The van der Waals surface area contributed by atoms with Gasteiger partial charge in [0.15, 0.2) is 0 Å². The molecule has 0 saturated carbocycles. The fourth-order valence-corrected chi connectivity index (χ4v) is 1.31. The Labute approximate surface area is 83.1 Å². The molecular weight excluding hydrogens is 176 g/mol. The van der Waals surface area contributed by atoms with Crippen LogP contribution in [0.2, 0.25) is 0 Å². The van der Waals surface area contributed by atoms with Gasteiger partial charge in [-0.2, -0.15) is 0 Å². The largest absolute Gasteiger partial charge is 0.362 e. The molecule has 0 spiro atoms. The minimum Gasteiger partial charge on any atom is -0.362 e. The first-order valence-electron chi connectivity index (χ1n) is 4.49. The SMILES string of the molecule is COC1C=CC(c2ccccn2)=CN1.